The van der Waals surface area contributed by atoms with Gasteiger partial charge in [0.2, 0.25) is 0 Å². The molecule has 0 heterocycles. The van der Waals surface area contributed by atoms with Crippen LogP contribution in [0.1, 0.15) is 24.2 Å². The lowest BCUT2D eigenvalue weighted by Crippen LogP contribution is -2.39. The van der Waals surface area contributed by atoms with Crippen molar-refractivity contribution < 1.29 is 19.0 Å². The van der Waals surface area contributed by atoms with E-state index in [1.165, 1.54) is 30.2 Å². The van der Waals surface area contributed by atoms with Gasteiger partial charge in [0.05, 0.1) is 13.7 Å². The molecule has 1 N–H and O–H groups in total. The Balaban J connectivity index is 3.15. The van der Waals surface area contributed by atoms with Gasteiger partial charge in [-0.05, 0) is 26.0 Å². The van der Waals surface area contributed by atoms with Crippen LogP contribution >= 0.6 is 0 Å². The number of carbonyl (C=O) groups excluding carboxylic acids is 1. The normalized spacial score (nSPS) is 10.6. The minimum Gasteiger partial charge on any atom is -0.496 e. The van der Waals surface area contributed by atoms with E-state index in [4.69, 9.17) is 9.84 Å². The number of aliphatic hydroxyl groups is 1. The summed E-state index contributed by atoms with van der Waals surface area (Å²) < 4.78 is 18.8. The predicted molar refractivity (Wildman–Crippen MR) is 66.2 cm³/mol. The van der Waals surface area contributed by atoms with E-state index in [0.29, 0.717) is 0 Å². The number of rotatable bonds is 5. The third-order valence-corrected chi connectivity index (χ3v) is 2.63. The molecule has 0 fully saturated rings. The van der Waals surface area contributed by atoms with Gasteiger partial charge in [-0.2, -0.15) is 0 Å². The average molecular weight is 255 g/mol. The highest BCUT2D eigenvalue weighted by Gasteiger charge is 2.24. The zero-order valence-corrected chi connectivity index (χ0v) is 10.8. The van der Waals surface area contributed by atoms with E-state index in [1.54, 1.807) is 13.8 Å². The summed E-state index contributed by atoms with van der Waals surface area (Å²) in [6, 6.07) is 4.10. The largest absolute Gasteiger partial charge is 0.496 e. The third kappa shape index (κ3) is 2.98. The van der Waals surface area contributed by atoms with Crippen LogP contribution in [0.2, 0.25) is 0 Å². The minimum absolute atomic E-state index is 0.0952. The Hall–Kier alpha value is -1.62. The lowest BCUT2D eigenvalue weighted by atomic mass is 10.1. The maximum Gasteiger partial charge on any atom is 0.260 e. The van der Waals surface area contributed by atoms with E-state index in [-0.39, 0.29) is 30.5 Å². The van der Waals surface area contributed by atoms with Gasteiger partial charge >= 0.3 is 0 Å². The Labute approximate surface area is 106 Å². The fraction of sp³-hybridized carbons (Fsp3) is 0.462. The Morgan fingerprint density at radius 1 is 1.50 bits per heavy atom. The van der Waals surface area contributed by atoms with Crippen LogP contribution in [0, 0.1) is 5.82 Å². The molecule has 100 valence electrons. The topological polar surface area (TPSA) is 49.8 Å². The van der Waals surface area contributed by atoms with Crippen molar-refractivity contribution in [3.63, 3.8) is 0 Å². The van der Waals surface area contributed by atoms with Crippen molar-refractivity contribution in [3.8, 4) is 5.75 Å². The number of amides is 1. The van der Waals surface area contributed by atoms with Crippen LogP contribution in [0.25, 0.3) is 0 Å². The molecule has 0 saturated carbocycles. The van der Waals surface area contributed by atoms with E-state index in [2.05, 4.69) is 0 Å². The molecular formula is C13H18FNO3. The molecule has 0 radical (unpaired) electrons. The van der Waals surface area contributed by atoms with Crippen molar-refractivity contribution in [2.45, 2.75) is 19.9 Å². The zero-order chi connectivity index (χ0) is 13.7. The summed E-state index contributed by atoms with van der Waals surface area (Å²) in [7, 11) is 1.39. The maximum atomic E-state index is 13.8. The number of ether oxygens (including phenoxy) is 1. The van der Waals surface area contributed by atoms with Crippen molar-refractivity contribution in [1.29, 1.82) is 0 Å². The number of methoxy groups -OCH3 is 1. The summed E-state index contributed by atoms with van der Waals surface area (Å²) in [6.07, 6.45) is 0. The Bertz CT molecular complexity index is 421. The molecule has 1 amide bonds. The van der Waals surface area contributed by atoms with Gasteiger partial charge in [0.25, 0.3) is 5.91 Å². The van der Waals surface area contributed by atoms with Gasteiger partial charge < -0.3 is 14.7 Å². The van der Waals surface area contributed by atoms with Gasteiger partial charge in [-0.25, -0.2) is 4.39 Å². The van der Waals surface area contributed by atoms with Gasteiger partial charge in [0.15, 0.2) is 0 Å². The SMILES string of the molecule is COc1cccc(F)c1C(=O)N(CCO)C(C)C. The van der Waals surface area contributed by atoms with Crippen LogP contribution in [0.4, 0.5) is 4.39 Å². The lowest BCUT2D eigenvalue weighted by molar-refractivity contribution is 0.0657. The molecule has 1 aromatic carbocycles. The molecule has 0 unspecified atom stereocenters. The van der Waals surface area contributed by atoms with E-state index >= 15 is 0 Å². The van der Waals surface area contributed by atoms with Crippen LogP contribution in [-0.2, 0) is 0 Å². The molecule has 0 aliphatic heterocycles. The molecule has 0 aliphatic rings. The number of carbonyl (C=O) groups is 1. The van der Waals surface area contributed by atoms with Crippen LogP contribution in [0.15, 0.2) is 18.2 Å². The first kappa shape index (κ1) is 14.4. The van der Waals surface area contributed by atoms with Gasteiger partial charge in [0.1, 0.15) is 17.1 Å². The van der Waals surface area contributed by atoms with Crippen molar-refractivity contribution in [2.24, 2.45) is 0 Å². The second-order valence-corrected chi connectivity index (χ2v) is 4.13. The molecule has 0 aliphatic carbocycles. The van der Waals surface area contributed by atoms with Gasteiger partial charge in [-0.15, -0.1) is 0 Å². The third-order valence-electron chi connectivity index (χ3n) is 2.63. The highest BCUT2D eigenvalue weighted by molar-refractivity contribution is 5.97. The fourth-order valence-corrected chi connectivity index (χ4v) is 1.73. The summed E-state index contributed by atoms with van der Waals surface area (Å²) in [6.45, 7) is 3.61. The summed E-state index contributed by atoms with van der Waals surface area (Å²) in [5.41, 5.74) is -0.0952. The Morgan fingerprint density at radius 2 is 2.17 bits per heavy atom. The zero-order valence-electron chi connectivity index (χ0n) is 10.8. The van der Waals surface area contributed by atoms with Gasteiger partial charge in [-0.1, -0.05) is 6.07 Å². The first-order valence-corrected chi connectivity index (χ1v) is 5.77. The molecule has 1 rings (SSSR count). The van der Waals surface area contributed by atoms with E-state index < -0.39 is 11.7 Å². The summed E-state index contributed by atoms with van der Waals surface area (Å²) in [4.78, 5) is 13.7. The monoisotopic (exact) mass is 255 g/mol. The average Bonchev–Trinajstić information content (AvgIpc) is 2.34. The number of hydrogen-bond donors (Lipinski definition) is 1. The number of aliphatic hydroxyl groups excluding tert-OH is 1. The van der Waals surface area contributed by atoms with E-state index in [0.717, 1.165) is 0 Å². The van der Waals surface area contributed by atoms with Crippen molar-refractivity contribution in [2.75, 3.05) is 20.3 Å². The van der Waals surface area contributed by atoms with Crippen LogP contribution in [-0.4, -0.2) is 42.2 Å². The highest BCUT2D eigenvalue weighted by atomic mass is 19.1. The molecule has 4 nitrogen and oxygen atoms in total. The fourth-order valence-electron chi connectivity index (χ4n) is 1.73. The molecule has 5 heteroatoms. The molecule has 0 saturated heterocycles. The van der Waals surface area contributed by atoms with Crippen LogP contribution in [0.3, 0.4) is 0 Å². The highest BCUT2D eigenvalue weighted by Crippen LogP contribution is 2.23. The van der Waals surface area contributed by atoms with Crippen LogP contribution < -0.4 is 4.74 Å². The standard InChI is InChI=1S/C13H18FNO3/c1-9(2)15(7-8-16)13(17)12-10(14)5-4-6-11(12)18-3/h4-6,9,16H,7-8H2,1-3H3. The lowest BCUT2D eigenvalue weighted by Gasteiger charge is -2.26. The summed E-state index contributed by atoms with van der Waals surface area (Å²) in [5.74, 6) is -0.902. The number of hydrogen-bond acceptors (Lipinski definition) is 3. The van der Waals surface area contributed by atoms with Crippen molar-refractivity contribution >= 4 is 5.91 Å². The van der Waals surface area contributed by atoms with Crippen molar-refractivity contribution in [3.05, 3.63) is 29.6 Å². The Morgan fingerprint density at radius 3 is 2.67 bits per heavy atom. The first-order chi connectivity index (χ1) is 8.52. The number of nitrogens with zero attached hydrogens (tertiary/aromatic N) is 1. The summed E-state index contributed by atoms with van der Waals surface area (Å²) in [5, 5.41) is 8.96. The van der Waals surface area contributed by atoms with E-state index in [1.807, 2.05) is 0 Å². The van der Waals surface area contributed by atoms with Crippen molar-refractivity contribution in [1.82, 2.24) is 4.90 Å². The number of halogens is 1. The maximum absolute atomic E-state index is 13.8. The minimum atomic E-state index is -0.622. The summed E-state index contributed by atoms with van der Waals surface area (Å²) >= 11 is 0. The first-order valence-electron chi connectivity index (χ1n) is 5.77. The Kier molecular flexibility index (Phi) is 5.09. The second kappa shape index (κ2) is 6.35. The van der Waals surface area contributed by atoms with Gasteiger partial charge in [0, 0.05) is 12.6 Å². The molecule has 0 bridgehead atoms. The number of benzene rings is 1. The second-order valence-electron chi connectivity index (χ2n) is 4.13. The van der Waals surface area contributed by atoms with Crippen LogP contribution in [0.5, 0.6) is 5.75 Å². The quantitative estimate of drug-likeness (QED) is 0.870. The molecule has 0 spiro atoms. The molecule has 0 aromatic heterocycles. The molecule has 0 atom stereocenters. The molecule has 18 heavy (non-hydrogen) atoms. The molecule has 1 aromatic rings. The van der Waals surface area contributed by atoms with E-state index in [9.17, 15) is 9.18 Å². The van der Waals surface area contributed by atoms with Gasteiger partial charge in [-0.3, -0.25) is 4.79 Å². The smallest absolute Gasteiger partial charge is 0.260 e. The molecular weight excluding hydrogens is 237 g/mol. The predicted octanol–water partition coefficient (Wildman–Crippen LogP) is 1.68.